The summed E-state index contributed by atoms with van der Waals surface area (Å²) in [7, 11) is 0. The minimum atomic E-state index is -0.0277. The van der Waals surface area contributed by atoms with E-state index in [1.807, 2.05) is 56.9 Å². The molecule has 1 aromatic carbocycles. The van der Waals surface area contributed by atoms with E-state index in [1.54, 1.807) is 0 Å². The molecule has 8 heteroatoms. The monoisotopic (exact) mass is 428 g/mol. The van der Waals surface area contributed by atoms with Crippen LogP contribution in [0.1, 0.15) is 74.1 Å². The number of carbonyl (C=O) groups excluding carboxylic acids is 2. The van der Waals surface area contributed by atoms with E-state index in [2.05, 4.69) is 15.5 Å². The molecule has 1 fully saturated rings. The summed E-state index contributed by atoms with van der Waals surface area (Å²) in [6, 6.07) is 7.40. The summed E-state index contributed by atoms with van der Waals surface area (Å²) in [5, 5.41) is 6.84. The molecule has 2 unspecified atom stereocenters. The lowest BCUT2D eigenvalue weighted by Crippen LogP contribution is -2.48. The molecule has 1 aliphatic heterocycles. The number of ether oxygens (including phenoxy) is 1. The van der Waals surface area contributed by atoms with Gasteiger partial charge in [0.1, 0.15) is 0 Å². The van der Waals surface area contributed by atoms with Crippen molar-refractivity contribution < 1.29 is 18.8 Å². The molecule has 1 aliphatic rings. The molecule has 8 nitrogen and oxygen atoms in total. The third-order valence-electron chi connectivity index (χ3n) is 5.19. The van der Waals surface area contributed by atoms with Gasteiger partial charge in [-0.05, 0) is 38.0 Å². The first-order chi connectivity index (χ1) is 14.8. The highest BCUT2D eigenvalue weighted by molar-refractivity contribution is 5.94. The number of rotatable bonds is 8. The number of hydrogen-bond acceptors (Lipinski definition) is 6. The van der Waals surface area contributed by atoms with Crippen molar-refractivity contribution in [3.63, 3.8) is 0 Å². The molecule has 31 heavy (non-hydrogen) atoms. The zero-order valence-electron chi connectivity index (χ0n) is 18.8. The Labute approximate surface area is 183 Å². The number of benzene rings is 1. The summed E-state index contributed by atoms with van der Waals surface area (Å²) in [6.07, 6.45) is 1.71. The average molecular weight is 429 g/mol. The van der Waals surface area contributed by atoms with Crippen molar-refractivity contribution in [3.05, 3.63) is 47.1 Å². The molecule has 1 aromatic heterocycles. The summed E-state index contributed by atoms with van der Waals surface area (Å²) in [5.74, 6) is 1.47. The minimum Gasteiger partial charge on any atom is -0.372 e. The lowest BCUT2D eigenvalue weighted by atomic mass is 10.1. The molecule has 0 radical (unpaired) electrons. The Morgan fingerprint density at radius 1 is 1.16 bits per heavy atom. The van der Waals surface area contributed by atoms with Crippen molar-refractivity contribution in [2.24, 2.45) is 0 Å². The van der Waals surface area contributed by atoms with Gasteiger partial charge in [0.25, 0.3) is 5.91 Å². The zero-order valence-corrected chi connectivity index (χ0v) is 18.8. The molecule has 168 valence electrons. The maximum absolute atomic E-state index is 12.7. The second-order valence-electron chi connectivity index (χ2n) is 8.50. The molecule has 2 atom stereocenters. The number of nitrogens with zero attached hydrogens (tertiary/aromatic N) is 3. The van der Waals surface area contributed by atoms with Crippen molar-refractivity contribution in [2.45, 2.75) is 71.6 Å². The molecule has 0 bridgehead atoms. The van der Waals surface area contributed by atoms with E-state index in [-0.39, 0.29) is 29.9 Å². The Morgan fingerprint density at radius 3 is 2.45 bits per heavy atom. The fourth-order valence-electron chi connectivity index (χ4n) is 3.58. The third kappa shape index (κ3) is 6.62. The van der Waals surface area contributed by atoms with Crippen LogP contribution in [0.25, 0.3) is 0 Å². The van der Waals surface area contributed by atoms with Crippen LogP contribution in [-0.4, -0.2) is 52.2 Å². The quantitative estimate of drug-likeness (QED) is 0.694. The second-order valence-corrected chi connectivity index (χ2v) is 8.50. The first-order valence-electron chi connectivity index (χ1n) is 10.9. The molecule has 2 heterocycles. The molecule has 2 amide bonds. The van der Waals surface area contributed by atoms with Gasteiger partial charge in [-0.2, -0.15) is 4.98 Å². The van der Waals surface area contributed by atoms with Gasteiger partial charge in [0, 0.05) is 44.0 Å². The number of amides is 2. The van der Waals surface area contributed by atoms with E-state index in [4.69, 9.17) is 9.26 Å². The van der Waals surface area contributed by atoms with Crippen LogP contribution in [-0.2, 0) is 22.5 Å². The number of carbonyl (C=O) groups is 2. The fraction of sp³-hybridized carbons (Fsp3) is 0.565. The average Bonchev–Trinajstić information content (AvgIpc) is 3.21. The molecule has 1 saturated heterocycles. The highest BCUT2D eigenvalue weighted by atomic mass is 16.5. The van der Waals surface area contributed by atoms with Crippen LogP contribution in [0.15, 0.2) is 28.8 Å². The lowest BCUT2D eigenvalue weighted by Gasteiger charge is -2.35. The standard InChI is InChI=1S/C23H32N4O4/c1-15(2)22-25-21(31-26-22)7-5-6-20(28)24-12-18-8-10-19(11-9-18)23(29)27-13-16(3)30-17(4)14-27/h8-11,15-17H,5-7,12-14H2,1-4H3,(H,24,28). The zero-order chi connectivity index (χ0) is 22.4. The van der Waals surface area contributed by atoms with Gasteiger partial charge in [-0.1, -0.05) is 31.1 Å². The van der Waals surface area contributed by atoms with Gasteiger partial charge in [-0.3, -0.25) is 9.59 Å². The first-order valence-corrected chi connectivity index (χ1v) is 10.9. The van der Waals surface area contributed by atoms with E-state index in [9.17, 15) is 9.59 Å². The highest BCUT2D eigenvalue weighted by Crippen LogP contribution is 2.15. The van der Waals surface area contributed by atoms with E-state index >= 15 is 0 Å². The smallest absolute Gasteiger partial charge is 0.254 e. The Morgan fingerprint density at radius 2 is 1.84 bits per heavy atom. The second kappa shape index (κ2) is 10.5. The van der Waals surface area contributed by atoms with Gasteiger partial charge < -0.3 is 19.5 Å². The van der Waals surface area contributed by atoms with Crippen LogP contribution in [0.2, 0.25) is 0 Å². The van der Waals surface area contributed by atoms with Gasteiger partial charge in [0.15, 0.2) is 5.82 Å². The summed E-state index contributed by atoms with van der Waals surface area (Å²) < 4.78 is 10.9. The van der Waals surface area contributed by atoms with Crippen LogP contribution >= 0.6 is 0 Å². The van der Waals surface area contributed by atoms with Crippen LogP contribution < -0.4 is 5.32 Å². The molecule has 0 aliphatic carbocycles. The molecule has 1 N–H and O–H groups in total. The van der Waals surface area contributed by atoms with E-state index in [1.165, 1.54) is 0 Å². The van der Waals surface area contributed by atoms with E-state index in [0.29, 0.717) is 56.2 Å². The topological polar surface area (TPSA) is 97.6 Å². The van der Waals surface area contributed by atoms with Gasteiger partial charge in [-0.15, -0.1) is 0 Å². The molecular formula is C23H32N4O4. The van der Waals surface area contributed by atoms with E-state index in [0.717, 1.165) is 5.56 Å². The van der Waals surface area contributed by atoms with Crippen LogP contribution in [0.4, 0.5) is 0 Å². The van der Waals surface area contributed by atoms with Crippen molar-refractivity contribution in [1.29, 1.82) is 0 Å². The highest BCUT2D eigenvalue weighted by Gasteiger charge is 2.26. The molecule has 2 aromatic rings. The predicted octanol–water partition coefficient (Wildman–Crippen LogP) is 3.08. The lowest BCUT2D eigenvalue weighted by molar-refractivity contribution is -0.121. The Bertz CT molecular complexity index is 868. The van der Waals surface area contributed by atoms with Crippen molar-refractivity contribution in [2.75, 3.05) is 13.1 Å². The molecule has 3 rings (SSSR count). The SMILES string of the molecule is CC1CN(C(=O)c2ccc(CNC(=O)CCCc3nc(C(C)C)no3)cc2)CC(C)O1. The Kier molecular flexibility index (Phi) is 7.79. The van der Waals surface area contributed by atoms with Crippen LogP contribution in [0, 0.1) is 0 Å². The summed E-state index contributed by atoms with van der Waals surface area (Å²) in [6.45, 7) is 9.60. The van der Waals surface area contributed by atoms with Crippen molar-refractivity contribution in [3.8, 4) is 0 Å². The normalized spacial score (nSPS) is 18.9. The maximum Gasteiger partial charge on any atom is 0.254 e. The number of hydrogen-bond donors (Lipinski definition) is 1. The largest absolute Gasteiger partial charge is 0.372 e. The predicted molar refractivity (Wildman–Crippen MR) is 116 cm³/mol. The van der Waals surface area contributed by atoms with Gasteiger partial charge in [0.05, 0.1) is 12.2 Å². The summed E-state index contributed by atoms with van der Waals surface area (Å²) in [4.78, 5) is 31.0. The van der Waals surface area contributed by atoms with Crippen molar-refractivity contribution in [1.82, 2.24) is 20.4 Å². The number of aromatic nitrogens is 2. The molecule has 0 saturated carbocycles. The Balaban J connectivity index is 1.41. The Hall–Kier alpha value is -2.74. The molecule has 0 spiro atoms. The first kappa shape index (κ1) is 22.9. The van der Waals surface area contributed by atoms with Crippen molar-refractivity contribution >= 4 is 11.8 Å². The summed E-state index contributed by atoms with van der Waals surface area (Å²) >= 11 is 0. The number of aryl methyl sites for hydroxylation is 1. The van der Waals surface area contributed by atoms with Gasteiger partial charge in [-0.25, -0.2) is 0 Å². The van der Waals surface area contributed by atoms with Crippen LogP contribution in [0.3, 0.4) is 0 Å². The third-order valence-corrected chi connectivity index (χ3v) is 5.19. The van der Waals surface area contributed by atoms with Crippen LogP contribution in [0.5, 0.6) is 0 Å². The number of nitrogens with one attached hydrogen (secondary N) is 1. The maximum atomic E-state index is 12.7. The molecular weight excluding hydrogens is 396 g/mol. The van der Waals surface area contributed by atoms with Gasteiger partial charge in [0.2, 0.25) is 11.8 Å². The van der Waals surface area contributed by atoms with E-state index < -0.39 is 0 Å². The fourth-order valence-corrected chi connectivity index (χ4v) is 3.58. The number of morpholine rings is 1. The minimum absolute atomic E-state index is 0.0132. The van der Waals surface area contributed by atoms with Gasteiger partial charge >= 0.3 is 0 Å². The summed E-state index contributed by atoms with van der Waals surface area (Å²) in [5.41, 5.74) is 1.60.